The van der Waals surface area contributed by atoms with Crippen LogP contribution in [0.25, 0.3) is 0 Å². The Bertz CT molecular complexity index is 409. The topological polar surface area (TPSA) is 57.6 Å². The Morgan fingerprint density at radius 1 is 1.05 bits per heavy atom. The van der Waals surface area contributed by atoms with Crippen LogP contribution >= 0.6 is 0 Å². The molecule has 0 bridgehead atoms. The van der Waals surface area contributed by atoms with Crippen molar-refractivity contribution in [1.82, 2.24) is 4.90 Å². The summed E-state index contributed by atoms with van der Waals surface area (Å²) < 4.78 is 0. The van der Waals surface area contributed by atoms with Gasteiger partial charge in [-0.15, -0.1) is 0 Å². The molecule has 5 unspecified atom stereocenters. The van der Waals surface area contributed by atoms with Gasteiger partial charge in [0, 0.05) is 12.5 Å². The van der Waals surface area contributed by atoms with Crippen LogP contribution in [0, 0.1) is 23.7 Å². The molecule has 1 saturated heterocycles. The van der Waals surface area contributed by atoms with Gasteiger partial charge >= 0.3 is 5.97 Å². The molecule has 4 nitrogen and oxygen atoms in total. The van der Waals surface area contributed by atoms with Gasteiger partial charge < -0.3 is 10.0 Å². The maximum absolute atomic E-state index is 12.8. The lowest BCUT2D eigenvalue weighted by Crippen LogP contribution is -2.47. The molecular weight excluding hydrogens is 254 g/mol. The number of carboxylic acid groups (broad SMARTS) is 1. The first-order valence-corrected chi connectivity index (χ1v) is 8.13. The predicted molar refractivity (Wildman–Crippen MR) is 75.1 cm³/mol. The van der Waals surface area contributed by atoms with Crippen molar-refractivity contribution in [2.45, 2.75) is 57.9 Å². The molecule has 4 heteroatoms. The van der Waals surface area contributed by atoms with E-state index in [1.54, 1.807) is 4.90 Å². The lowest BCUT2D eigenvalue weighted by molar-refractivity contribution is -0.152. The lowest BCUT2D eigenvalue weighted by Gasteiger charge is -2.33. The van der Waals surface area contributed by atoms with Crippen molar-refractivity contribution in [3.05, 3.63) is 0 Å². The molecular formula is C16H25NO3. The summed E-state index contributed by atoms with van der Waals surface area (Å²) in [6.07, 6.45) is 7.57. The number of nitrogens with zero attached hydrogens (tertiary/aromatic N) is 1. The van der Waals surface area contributed by atoms with E-state index in [-0.39, 0.29) is 17.7 Å². The summed E-state index contributed by atoms with van der Waals surface area (Å²) in [6.45, 7) is 2.83. The Hall–Kier alpha value is -1.06. The summed E-state index contributed by atoms with van der Waals surface area (Å²) in [7, 11) is 0. The van der Waals surface area contributed by atoms with Crippen molar-refractivity contribution in [1.29, 1.82) is 0 Å². The van der Waals surface area contributed by atoms with Gasteiger partial charge in [-0.1, -0.05) is 26.2 Å². The lowest BCUT2D eigenvalue weighted by atomic mass is 9.79. The van der Waals surface area contributed by atoms with E-state index >= 15 is 0 Å². The molecule has 3 fully saturated rings. The van der Waals surface area contributed by atoms with Crippen LogP contribution in [0.4, 0.5) is 0 Å². The van der Waals surface area contributed by atoms with Crippen LogP contribution in [0.5, 0.6) is 0 Å². The highest BCUT2D eigenvalue weighted by molar-refractivity contribution is 5.86. The van der Waals surface area contributed by atoms with Gasteiger partial charge in [-0.25, -0.2) is 4.79 Å². The molecule has 3 rings (SSSR count). The minimum atomic E-state index is -0.795. The molecule has 0 aromatic carbocycles. The van der Waals surface area contributed by atoms with E-state index in [0.717, 1.165) is 38.5 Å². The number of fused-ring (bicyclic) bond motifs is 1. The van der Waals surface area contributed by atoms with Gasteiger partial charge in [-0.05, 0) is 43.4 Å². The first-order chi connectivity index (χ1) is 9.59. The fourth-order valence-electron chi connectivity index (χ4n) is 4.74. The number of hydrogen-bond acceptors (Lipinski definition) is 2. The second-order valence-corrected chi connectivity index (χ2v) is 7.00. The molecule has 0 spiro atoms. The highest BCUT2D eigenvalue weighted by atomic mass is 16.4. The van der Waals surface area contributed by atoms with Crippen molar-refractivity contribution in [2.24, 2.45) is 23.7 Å². The average Bonchev–Trinajstić information content (AvgIpc) is 2.97. The summed E-state index contributed by atoms with van der Waals surface area (Å²) >= 11 is 0. The maximum Gasteiger partial charge on any atom is 0.326 e. The van der Waals surface area contributed by atoms with Crippen LogP contribution in [0.15, 0.2) is 0 Å². The Morgan fingerprint density at radius 2 is 1.80 bits per heavy atom. The third-order valence-corrected chi connectivity index (χ3v) is 5.86. The van der Waals surface area contributed by atoms with Gasteiger partial charge in [-0.3, -0.25) is 4.79 Å². The normalized spacial score (nSPS) is 40.6. The van der Waals surface area contributed by atoms with Crippen molar-refractivity contribution < 1.29 is 14.7 Å². The maximum atomic E-state index is 12.8. The second kappa shape index (κ2) is 5.38. The average molecular weight is 279 g/mol. The fourth-order valence-corrected chi connectivity index (χ4v) is 4.74. The van der Waals surface area contributed by atoms with E-state index in [1.165, 1.54) is 6.42 Å². The largest absolute Gasteiger partial charge is 0.480 e. The number of aliphatic carboxylic acids is 1. The van der Waals surface area contributed by atoms with Crippen LogP contribution in [0.2, 0.25) is 0 Å². The van der Waals surface area contributed by atoms with E-state index in [2.05, 4.69) is 6.92 Å². The fraction of sp³-hybridized carbons (Fsp3) is 0.875. The van der Waals surface area contributed by atoms with E-state index in [4.69, 9.17) is 0 Å². The van der Waals surface area contributed by atoms with Crippen LogP contribution < -0.4 is 0 Å². The summed E-state index contributed by atoms with van der Waals surface area (Å²) in [5.74, 6) is 0.431. The van der Waals surface area contributed by atoms with Crippen LogP contribution in [-0.2, 0) is 9.59 Å². The van der Waals surface area contributed by atoms with Gasteiger partial charge in [0.25, 0.3) is 0 Å². The number of likely N-dealkylation sites (tertiary alicyclic amines) is 1. The zero-order chi connectivity index (χ0) is 14.3. The predicted octanol–water partition coefficient (Wildman–Crippen LogP) is 2.52. The van der Waals surface area contributed by atoms with E-state index in [1.807, 2.05) is 0 Å². The second-order valence-electron chi connectivity index (χ2n) is 7.00. The van der Waals surface area contributed by atoms with Gasteiger partial charge in [-0.2, -0.15) is 0 Å². The number of rotatable bonds is 2. The number of hydrogen-bond donors (Lipinski definition) is 1. The smallest absolute Gasteiger partial charge is 0.326 e. The number of carbonyl (C=O) groups excluding carboxylic acids is 1. The summed E-state index contributed by atoms with van der Waals surface area (Å²) in [4.78, 5) is 26.2. The van der Waals surface area contributed by atoms with Crippen molar-refractivity contribution >= 4 is 11.9 Å². The monoisotopic (exact) mass is 279 g/mol. The van der Waals surface area contributed by atoms with Gasteiger partial charge in [0.1, 0.15) is 6.04 Å². The number of carbonyl (C=O) groups is 2. The van der Waals surface area contributed by atoms with Crippen LogP contribution in [0.3, 0.4) is 0 Å². The van der Waals surface area contributed by atoms with Crippen LogP contribution in [0.1, 0.15) is 51.9 Å². The number of amides is 1. The van der Waals surface area contributed by atoms with E-state index in [0.29, 0.717) is 18.4 Å². The minimum Gasteiger partial charge on any atom is -0.480 e. The summed E-state index contributed by atoms with van der Waals surface area (Å²) in [5.41, 5.74) is 0. The molecule has 1 N–H and O–H groups in total. The zero-order valence-corrected chi connectivity index (χ0v) is 12.3. The Balaban J connectivity index is 1.78. The van der Waals surface area contributed by atoms with Gasteiger partial charge in [0.15, 0.2) is 0 Å². The molecule has 2 saturated carbocycles. The molecule has 5 atom stereocenters. The van der Waals surface area contributed by atoms with E-state index < -0.39 is 12.0 Å². The standard InChI is InChI=1S/C16H25NO3/c1-10-5-2-3-7-12(10)15(18)17-9-11-6-4-8-13(11)14(17)16(19)20/h10-14H,2-9H2,1H3,(H,19,20). The van der Waals surface area contributed by atoms with Gasteiger partial charge in [0.05, 0.1) is 0 Å². The molecule has 0 aromatic rings. The zero-order valence-electron chi connectivity index (χ0n) is 12.3. The first kappa shape index (κ1) is 13.9. The quantitative estimate of drug-likeness (QED) is 0.845. The van der Waals surface area contributed by atoms with Gasteiger partial charge in [0.2, 0.25) is 5.91 Å². The Labute approximate surface area is 120 Å². The third kappa shape index (κ3) is 2.23. The third-order valence-electron chi connectivity index (χ3n) is 5.86. The Kier molecular flexibility index (Phi) is 3.74. The highest BCUT2D eigenvalue weighted by Crippen LogP contribution is 2.44. The molecule has 1 amide bonds. The molecule has 1 aliphatic heterocycles. The molecule has 0 radical (unpaired) electrons. The molecule has 20 heavy (non-hydrogen) atoms. The van der Waals surface area contributed by atoms with Crippen LogP contribution in [-0.4, -0.2) is 34.5 Å². The van der Waals surface area contributed by atoms with Crippen molar-refractivity contribution in [3.63, 3.8) is 0 Å². The highest BCUT2D eigenvalue weighted by Gasteiger charge is 2.50. The first-order valence-electron chi connectivity index (χ1n) is 8.13. The van der Waals surface area contributed by atoms with Crippen molar-refractivity contribution in [2.75, 3.05) is 6.54 Å². The molecule has 3 aliphatic rings. The molecule has 112 valence electrons. The minimum absolute atomic E-state index is 0.0597. The van der Waals surface area contributed by atoms with E-state index in [9.17, 15) is 14.7 Å². The molecule has 0 aromatic heterocycles. The summed E-state index contributed by atoms with van der Waals surface area (Å²) in [6, 6.07) is -0.552. The molecule has 1 heterocycles. The SMILES string of the molecule is CC1CCCCC1C(=O)N1CC2CCCC2C1C(=O)O. The summed E-state index contributed by atoms with van der Waals surface area (Å²) in [5, 5.41) is 9.55. The molecule has 2 aliphatic carbocycles. The van der Waals surface area contributed by atoms with Crippen molar-refractivity contribution in [3.8, 4) is 0 Å². The number of carboxylic acids is 1. The Morgan fingerprint density at radius 3 is 2.50 bits per heavy atom.